The maximum absolute atomic E-state index is 6.72. The smallest absolute Gasteiger partial charge is 0.179 e. The van der Waals surface area contributed by atoms with E-state index in [0.717, 1.165) is 49.9 Å². The molecule has 57 heavy (non-hydrogen) atoms. The minimum Gasteiger partial charge on any atom is -0.455 e. The second kappa shape index (κ2) is 13.5. The molecule has 0 radical (unpaired) electrons. The van der Waals surface area contributed by atoms with Crippen molar-refractivity contribution in [2.45, 2.75) is 0 Å². The molecule has 9 aromatic carbocycles. The third-order valence-corrected chi connectivity index (χ3v) is 16.5. The van der Waals surface area contributed by atoms with Gasteiger partial charge in [-0.3, -0.25) is 0 Å². The zero-order valence-electron chi connectivity index (χ0n) is 31.2. The second-order valence-electron chi connectivity index (χ2n) is 14.8. The van der Waals surface area contributed by atoms with Crippen molar-refractivity contribution in [3.63, 3.8) is 0 Å². The summed E-state index contributed by atoms with van der Waals surface area (Å²) in [6.45, 7) is 0. The van der Waals surface area contributed by atoms with E-state index in [1.165, 1.54) is 42.6 Å². The summed E-state index contributed by atoms with van der Waals surface area (Å²) in [7, 11) is -2.90. The first-order valence-electron chi connectivity index (χ1n) is 19.6. The largest absolute Gasteiger partial charge is 0.455 e. The molecule has 3 heteroatoms. The van der Waals surface area contributed by atoms with Crippen LogP contribution in [0.5, 0.6) is 0 Å². The van der Waals surface area contributed by atoms with Crippen LogP contribution in [0.3, 0.4) is 0 Å². The Morgan fingerprint density at radius 3 is 1.47 bits per heavy atom. The monoisotopic (exact) mass is 743 g/mol. The van der Waals surface area contributed by atoms with Crippen molar-refractivity contribution in [3.8, 4) is 27.9 Å². The van der Waals surface area contributed by atoms with E-state index < -0.39 is 8.07 Å². The Morgan fingerprint density at radius 1 is 0.333 bits per heavy atom. The Bertz CT molecular complexity index is 3080. The van der Waals surface area contributed by atoms with E-state index in [1.54, 1.807) is 0 Å². The Morgan fingerprint density at radius 2 is 0.842 bits per heavy atom. The van der Waals surface area contributed by atoms with Gasteiger partial charge in [0, 0.05) is 32.8 Å². The molecule has 0 N–H and O–H groups in total. The minimum atomic E-state index is -2.90. The molecule has 2 heterocycles. The van der Waals surface area contributed by atoms with E-state index in [1.807, 2.05) is 6.07 Å². The Balaban J connectivity index is 1.23. The van der Waals surface area contributed by atoms with Gasteiger partial charge in [0.1, 0.15) is 11.2 Å². The Labute approximate surface area is 332 Å². The zero-order valence-corrected chi connectivity index (χ0v) is 32.2. The third-order valence-electron chi connectivity index (χ3n) is 11.7. The first-order valence-corrected chi connectivity index (χ1v) is 21.6. The van der Waals surface area contributed by atoms with E-state index in [4.69, 9.17) is 4.42 Å². The molecule has 0 bridgehead atoms. The van der Waals surface area contributed by atoms with Crippen molar-refractivity contribution < 1.29 is 4.42 Å². The third kappa shape index (κ3) is 5.31. The highest BCUT2D eigenvalue weighted by atomic mass is 28.3. The summed E-state index contributed by atoms with van der Waals surface area (Å²) in [6.07, 6.45) is 0. The first-order chi connectivity index (χ1) is 28.3. The van der Waals surface area contributed by atoms with E-state index in [0.29, 0.717) is 0 Å². The van der Waals surface area contributed by atoms with Gasteiger partial charge < -0.3 is 8.98 Å². The van der Waals surface area contributed by atoms with Crippen molar-refractivity contribution in [2.75, 3.05) is 0 Å². The highest BCUT2D eigenvalue weighted by Crippen LogP contribution is 2.38. The van der Waals surface area contributed by atoms with E-state index >= 15 is 0 Å². The van der Waals surface area contributed by atoms with Gasteiger partial charge in [0.25, 0.3) is 0 Å². The van der Waals surface area contributed by atoms with Gasteiger partial charge in [-0.05, 0) is 73.8 Å². The molecule has 11 aromatic rings. The van der Waals surface area contributed by atoms with Crippen LogP contribution in [0.15, 0.2) is 229 Å². The van der Waals surface area contributed by atoms with Crippen LogP contribution in [-0.2, 0) is 0 Å². The SMILES string of the molecule is c1ccc([Si](c2ccccc2)(c2ccccc2)c2cc(-c3cccc(-n4c5ccccc5c5ccccc54)c3)cc(-c3cccc4c3oc3ccccc34)c2)cc1. The summed E-state index contributed by atoms with van der Waals surface area (Å²) in [4.78, 5) is 0. The zero-order chi connectivity index (χ0) is 37.8. The summed E-state index contributed by atoms with van der Waals surface area (Å²) in [5.41, 5.74) is 9.88. The van der Waals surface area contributed by atoms with Crippen molar-refractivity contribution in [3.05, 3.63) is 224 Å². The molecule has 2 aromatic heterocycles. The molecule has 2 nitrogen and oxygen atoms in total. The number of hydrogen-bond donors (Lipinski definition) is 0. The number of nitrogens with zero attached hydrogens (tertiary/aromatic N) is 1. The lowest BCUT2D eigenvalue weighted by Crippen LogP contribution is -2.74. The minimum absolute atomic E-state index is 0.900. The van der Waals surface area contributed by atoms with Crippen molar-refractivity contribution in [2.24, 2.45) is 0 Å². The highest BCUT2D eigenvalue weighted by Gasteiger charge is 2.42. The summed E-state index contributed by atoms with van der Waals surface area (Å²) in [5.74, 6) is 0. The number of benzene rings is 9. The fourth-order valence-corrected chi connectivity index (χ4v) is 14.1. The van der Waals surface area contributed by atoms with E-state index in [9.17, 15) is 0 Å². The predicted molar refractivity (Wildman–Crippen MR) is 243 cm³/mol. The molecule has 0 aliphatic heterocycles. The Hall–Kier alpha value is -7.20. The van der Waals surface area contributed by atoms with Crippen LogP contribution in [0.4, 0.5) is 0 Å². The van der Waals surface area contributed by atoms with Gasteiger partial charge in [0.2, 0.25) is 0 Å². The number of rotatable bonds is 7. The van der Waals surface area contributed by atoms with Gasteiger partial charge in [0.15, 0.2) is 8.07 Å². The highest BCUT2D eigenvalue weighted by molar-refractivity contribution is 7.20. The number of fused-ring (bicyclic) bond motifs is 6. The summed E-state index contributed by atoms with van der Waals surface area (Å²) in [5, 5.41) is 10.1. The lowest BCUT2D eigenvalue weighted by molar-refractivity contribution is 0.670. The van der Waals surface area contributed by atoms with Crippen molar-refractivity contribution in [1.82, 2.24) is 4.57 Å². The maximum Gasteiger partial charge on any atom is 0.179 e. The Kier molecular flexibility index (Phi) is 7.87. The standard InChI is InChI=1S/C54H37NOSi/c1-4-20-42(21-5-1)57(43-22-6-2-7-23-43,44-24-8-3-9-25-44)45-36-39(34-40(37-45)46-29-17-30-50-49-28-12-15-33-53(49)56-54(46)50)38-18-16-19-41(35-38)55-51-31-13-10-26-47(51)48-27-11-14-32-52(48)55/h1-37H. The fraction of sp³-hybridized carbons (Fsp3) is 0. The molecule has 0 amide bonds. The molecule has 0 aliphatic carbocycles. The first kappa shape index (κ1) is 33.2. The molecule has 0 saturated heterocycles. The quantitative estimate of drug-likeness (QED) is 0.117. The molecule has 0 unspecified atom stereocenters. The lowest BCUT2D eigenvalue weighted by Gasteiger charge is -2.35. The molecule has 268 valence electrons. The van der Waals surface area contributed by atoms with Gasteiger partial charge in [-0.15, -0.1) is 0 Å². The summed E-state index contributed by atoms with van der Waals surface area (Å²) < 4.78 is 9.13. The molecule has 0 fully saturated rings. The molecule has 0 atom stereocenters. The van der Waals surface area contributed by atoms with Gasteiger partial charge in [0.05, 0.1) is 11.0 Å². The fourth-order valence-electron chi connectivity index (χ4n) is 9.23. The number of aromatic nitrogens is 1. The topological polar surface area (TPSA) is 18.1 Å². The summed E-state index contributed by atoms with van der Waals surface area (Å²) in [6, 6.07) is 82.3. The van der Waals surface area contributed by atoms with Gasteiger partial charge in [-0.1, -0.05) is 188 Å². The number of hydrogen-bond acceptors (Lipinski definition) is 1. The molecule has 0 aliphatic rings. The number of furan rings is 1. The molecule has 0 spiro atoms. The normalized spacial score (nSPS) is 11.9. The van der Waals surface area contributed by atoms with Crippen LogP contribution < -0.4 is 20.7 Å². The molecule has 0 saturated carbocycles. The molecular weight excluding hydrogens is 707 g/mol. The van der Waals surface area contributed by atoms with Crippen LogP contribution in [0, 0.1) is 0 Å². The van der Waals surface area contributed by atoms with Crippen LogP contribution >= 0.6 is 0 Å². The van der Waals surface area contributed by atoms with Crippen molar-refractivity contribution >= 4 is 72.6 Å². The number of para-hydroxylation sites is 4. The maximum atomic E-state index is 6.72. The average molecular weight is 744 g/mol. The molecular formula is C54H37NOSi. The van der Waals surface area contributed by atoms with Gasteiger partial charge in [-0.25, -0.2) is 0 Å². The average Bonchev–Trinajstić information content (AvgIpc) is 3.84. The van der Waals surface area contributed by atoms with Gasteiger partial charge in [-0.2, -0.15) is 0 Å². The molecule has 11 rings (SSSR count). The van der Waals surface area contributed by atoms with E-state index in [-0.39, 0.29) is 0 Å². The van der Waals surface area contributed by atoms with Crippen LogP contribution in [-0.4, -0.2) is 12.6 Å². The van der Waals surface area contributed by atoms with Crippen molar-refractivity contribution in [1.29, 1.82) is 0 Å². The summed E-state index contributed by atoms with van der Waals surface area (Å²) >= 11 is 0. The predicted octanol–water partition coefficient (Wildman–Crippen LogP) is 11.4. The van der Waals surface area contributed by atoms with Crippen LogP contribution in [0.1, 0.15) is 0 Å². The van der Waals surface area contributed by atoms with Crippen LogP contribution in [0.2, 0.25) is 0 Å². The van der Waals surface area contributed by atoms with E-state index in [2.05, 4.69) is 223 Å². The lowest BCUT2D eigenvalue weighted by atomic mass is 9.97. The van der Waals surface area contributed by atoms with Crippen LogP contribution in [0.25, 0.3) is 71.7 Å². The van der Waals surface area contributed by atoms with Gasteiger partial charge >= 0.3 is 0 Å². The second-order valence-corrected chi connectivity index (χ2v) is 18.7.